The lowest BCUT2D eigenvalue weighted by molar-refractivity contribution is -0.119. The monoisotopic (exact) mass is 285 g/mol. The van der Waals surface area contributed by atoms with Crippen molar-refractivity contribution in [3.63, 3.8) is 0 Å². The van der Waals surface area contributed by atoms with Gasteiger partial charge in [-0.15, -0.1) is 0 Å². The highest BCUT2D eigenvalue weighted by Crippen LogP contribution is 2.19. The maximum atomic E-state index is 12.6. The summed E-state index contributed by atoms with van der Waals surface area (Å²) in [4.78, 5) is 36.2. The van der Waals surface area contributed by atoms with E-state index in [9.17, 15) is 14.4 Å². The fourth-order valence-corrected chi connectivity index (χ4v) is 2.63. The number of amides is 1. The number of hydrogen-bond acceptors (Lipinski definition) is 4. The van der Waals surface area contributed by atoms with Gasteiger partial charge in [0.15, 0.2) is 0 Å². The number of nitrogens with two attached hydrogens (primary N) is 1. The fourth-order valence-electron chi connectivity index (χ4n) is 2.63. The maximum absolute atomic E-state index is 12.6. The quantitative estimate of drug-likeness (QED) is 0.758. The van der Waals surface area contributed by atoms with Crippen LogP contribution in [0.25, 0.3) is 10.9 Å². The molecule has 1 saturated heterocycles. The number of rotatable bonds is 1. The molecule has 6 heteroatoms. The summed E-state index contributed by atoms with van der Waals surface area (Å²) in [5.41, 5.74) is 6.81. The SMILES string of the molecule is Cc1cc2ccc(N)cc2n(C(=O)C2CCC(=O)N2)c1=O. The van der Waals surface area contributed by atoms with Crippen molar-refractivity contribution in [1.29, 1.82) is 0 Å². The van der Waals surface area contributed by atoms with E-state index in [0.717, 1.165) is 9.95 Å². The molecule has 0 aliphatic carbocycles. The largest absolute Gasteiger partial charge is 0.399 e. The van der Waals surface area contributed by atoms with E-state index in [1.165, 1.54) is 0 Å². The summed E-state index contributed by atoms with van der Waals surface area (Å²) in [5, 5.41) is 3.36. The van der Waals surface area contributed by atoms with Crippen molar-refractivity contribution >= 4 is 28.4 Å². The van der Waals surface area contributed by atoms with Crippen molar-refractivity contribution in [2.24, 2.45) is 0 Å². The van der Waals surface area contributed by atoms with Gasteiger partial charge in [0.25, 0.3) is 11.5 Å². The Morgan fingerprint density at radius 2 is 2.10 bits per heavy atom. The zero-order valence-corrected chi connectivity index (χ0v) is 11.6. The summed E-state index contributed by atoms with van der Waals surface area (Å²) >= 11 is 0. The maximum Gasteiger partial charge on any atom is 0.260 e. The van der Waals surface area contributed by atoms with E-state index in [1.807, 2.05) is 0 Å². The number of carbonyl (C=O) groups is 2. The highest BCUT2D eigenvalue weighted by atomic mass is 16.2. The second-order valence-corrected chi connectivity index (χ2v) is 5.28. The molecule has 0 saturated carbocycles. The zero-order valence-electron chi connectivity index (χ0n) is 11.6. The molecule has 6 nitrogen and oxygen atoms in total. The molecule has 1 aromatic heterocycles. The molecule has 1 fully saturated rings. The Balaban J connectivity index is 2.22. The summed E-state index contributed by atoms with van der Waals surface area (Å²) in [5.74, 6) is -0.581. The Labute approximate surface area is 120 Å². The number of carbonyl (C=O) groups excluding carboxylic acids is 2. The molecule has 1 aliphatic rings. The van der Waals surface area contributed by atoms with E-state index in [0.29, 0.717) is 29.6 Å². The lowest BCUT2D eigenvalue weighted by atomic mass is 10.1. The van der Waals surface area contributed by atoms with Gasteiger partial charge >= 0.3 is 0 Å². The molecule has 1 atom stereocenters. The summed E-state index contributed by atoms with van der Waals surface area (Å²) in [7, 11) is 0. The molecule has 3 rings (SSSR count). The van der Waals surface area contributed by atoms with E-state index in [4.69, 9.17) is 5.73 Å². The molecule has 108 valence electrons. The van der Waals surface area contributed by atoms with Gasteiger partial charge in [-0.2, -0.15) is 0 Å². The number of anilines is 1. The van der Waals surface area contributed by atoms with Crippen LogP contribution in [-0.2, 0) is 4.79 Å². The number of fused-ring (bicyclic) bond motifs is 1. The minimum atomic E-state index is -0.651. The van der Waals surface area contributed by atoms with Crippen molar-refractivity contribution in [2.45, 2.75) is 25.8 Å². The molecular formula is C15H15N3O3. The highest BCUT2D eigenvalue weighted by molar-refractivity contribution is 5.98. The summed E-state index contributed by atoms with van der Waals surface area (Å²) in [6, 6.07) is 6.17. The van der Waals surface area contributed by atoms with E-state index in [2.05, 4.69) is 5.32 Å². The third kappa shape index (κ3) is 2.18. The van der Waals surface area contributed by atoms with Crippen molar-refractivity contribution in [3.05, 3.63) is 40.2 Å². The number of nitrogen functional groups attached to an aromatic ring is 1. The van der Waals surface area contributed by atoms with Gasteiger partial charge in [-0.05, 0) is 36.9 Å². The molecule has 0 spiro atoms. The van der Waals surface area contributed by atoms with Crippen LogP contribution >= 0.6 is 0 Å². The molecule has 0 radical (unpaired) electrons. The molecule has 3 N–H and O–H groups in total. The molecule has 0 bridgehead atoms. The highest BCUT2D eigenvalue weighted by Gasteiger charge is 2.29. The van der Waals surface area contributed by atoms with Crippen molar-refractivity contribution < 1.29 is 9.59 Å². The van der Waals surface area contributed by atoms with E-state index >= 15 is 0 Å². The molecule has 1 amide bonds. The smallest absolute Gasteiger partial charge is 0.260 e. The first-order valence-electron chi connectivity index (χ1n) is 6.73. The standard InChI is InChI=1S/C15H15N3O3/c1-8-6-9-2-3-10(16)7-12(9)18(14(8)20)15(21)11-4-5-13(19)17-11/h2-3,6-7,11H,4-5,16H2,1H3,(H,17,19). The molecular weight excluding hydrogens is 270 g/mol. The summed E-state index contributed by atoms with van der Waals surface area (Å²) in [6.45, 7) is 1.66. The van der Waals surface area contributed by atoms with Crippen LogP contribution in [0.2, 0.25) is 0 Å². The topological polar surface area (TPSA) is 94.2 Å². The number of pyridine rings is 1. The van der Waals surface area contributed by atoms with Crippen LogP contribution in [0.4, 0.5) is 5.69 Å². The second-order valence-electron chi connectivity index (χ2n) is 5.28. The molecule has 1 aromatic carbocycles. The van der Waals surface area contributed by atoms with Crippen LogP contribution in [0.15, 0.2) is 29.1 Å². The van der Waals surface area contributed by atoms with E-state index in [1.54, 1.807) is 31.2 Å². The average Bonchev–Trinajstić information content (AvgIpc) is 2.87. The molecule has 1 aliphatic heterocycles. The summed E-state index contributed by atoms with van der Waals surface area (Å²) < 4.78 is 1.12. The minimum absolute atomic E-state index is 0.169. The van der Waals surface area contributed by atoms with Gasteiger partial charge in [-0.25, -0.2) is 4.57 Å². The first-order chi connectivity index (χ1) is 9.97. The van der Waals surface area contributed by atoms with Crippen LogP contribution in [0.5, 0.6) is 0 Å². The van der Waals surface area contributed by atoms with Crippen LogP contribution in [0.3, 0.4) is 0 Å². The third-order valence-electron chi connectivity index (χ3n) is 3.72. The lowest BCUT2D eigenvalue weighted by Crippen LogP contribution is -2.41. The van der Waals surface area contributed by atoms with Crippen molar-refractivity contribution in [1.82, 2.24) is 9.88 Å². The Hall–Kier alpha value is -2.63. The van der Waals surface area contributed by atoms with Gasteiger partial charge in [0, 0.05) is 17.7 Å². The molecule has 1 unspecified atom stereocenters. The Bertz CT molecular complexity index is 823. The van der Waals surface area contributed by atoms with Crippen LogP contribution < -0.4 is 16.6 Å². The Morgan fingerprint density at radius 3 is 2.76 bits per heavy atom. The van der Waals surface area contributed by atoms with E-state index in [-0.39, 0.29) is 11.5 Å². The number of nitrogens with zero attached hydrogens (tertiary/aromatic N) is 1. The number of benzene rings is 1. The van der Waals surface area contributed by atoms with Crippen LogP contribution in [-0.4, -0.2) is 22.4 Å². The predicted octanol–water partition coefficient (Wildman–Crippen LogP) is 0.811. The van der Waals surface area contributed by atoms with Gasteiger partial charge in [-0.1, -0.05) is 6.07 Å². The second kappa shape index (κ2) is 4.73. The first-order valence-corrected chi connectivity index (χ1v) is 6.73. The predicted molar refractivity (Wildman–Crippen MR) is 79.1 cm³/mol. The zero-order chi connectivity index (χ0) is 15.1. The van der Waals surface area contributed by atoms with Gasteiger partial charge in [0.2, 0.25) is 5.91 Å². The first kappa shape index (κ1) is 13.4. The van der Waals surface area contributed by atoms with Crippen LogP contribution in [0.1, 0.15) is 23.2 Å². The Kier molecular flexibility index (Phi) is 3.01. The normalized spacial score (nSPS) is 18.0. The van der Waals surface area contributed by atoms with Gasteiger partial charge in [-0.3, -0.25) is 14.4 Å². The van der Waals surface area contributed by atoms with Crippen molar-refractivity contribution in [3.8, 4) is 0 Å². The van der Waals surface area contributed by atoms with Gasteiger partial charge < -0.3 is 11.1 Å². The molecule has 2 heterocycles. The number of aryl methyl sites for hydroxylation is 1. The third-order valence-corrected chi connectivity index (χ3v) is 3.72. The average molecular weight is 285 g/mol. The van der Waals surface area contributed by atoms with Gasteiger partial charge in [0.05, 0.1) is 5.52 Å². The Morgan fingerprint density at radius 1 is 1.33 bits per heavy atom. The molecule has 21 heavy (non-hydrogen) atoms. The van der Waals surface area contributed by atoms with Crippen molar-refractivity contribution in [2.75, 3.05) is 5.73 Å². The van der Waals surface area contributed by atoms with Crippen LogP contribution in [0, 0.1) is 6.92 Å². The number of aromatic nitrogens is 1. The van der Waals surface area contributed by atoms with E-state index < -0.39 is 11.9 Å². The molecule has 2 aromatic rings. The minimum Gasteiger partial charge on any atom is -0.399 e. The lowest BCUT2D eigenvalue weighted by Gasteiger charge is -2.14. The van der Waals surface area contributed by atoms with Gasteiger partial charge in [0.1, 0.15) is 6.04 Å². The number of nitrogens with one attached hydrogen (secondary N) is 1. The summed E-state index contributed by atoms with van der Waals surface area (Å²) in [6.07, 6.45) is 0.707. The fraction of sp³-hybridized carbons (Fsp3) is 0.267. The number of hydrogen-bond donors (Lipinski definition) is 2.